The van der Waals surface area contributed by atoms with Crippen molar-refractivity contribution in [2.24, 2.45) is 0 Å². The minimum Gasteiger partial charge on any atom is -0.390 e. The zero-order chi connectivity index (χ0) is 29.1. The summed E-state index contributed by atoms with van der Waals surface area (Å²) in [5, 5.41) is 10.2. The molecule has 0 radical (unpaired) electrons. The number of rotatable bonds is 13. The van der Waals surface area contributed by atoms with Crippen molar-refractivity contribution in [1.82, 2.24) is 0 Å². The average Bonchev–Trinajstić information content (AvgIpc) is 3.03. The van der Waals surface area contributed by atoms with Crippen molar-refractivity contribution in [3.8, 4) is 0 Å². The number of hydrogen-bond donors (Lipinski definition) is 1. The van der Waals surface area contributed by atoms with Gasteiger partial charge in [0.15, 0.2) is 12.6 Å². The van der Waals surface area contributed by atoms with E-state index >= 15 is 0 Å². The monoisotopic (exact) mass is 578 g/mol. The standard InChI is InChI=1S/C34H42O8/c1-24-28(35)18-19-30(40-24)42-31-29(23-37-20-25-12-6-3-7-13-25)41-34(36-2)33(39-22-27-16-10-5-11-17-27)32(31)38-21-26-14-8-4-9-15-26/h3-17,24,28-35H,18-23H2,1-2H3/t24-,28-,29+,30-,31+,32-,33+,34-/m0/s1. The van der Waals surface area contributed by atoms with Gasteiger partial charge in [0, 0.05) is 13.5 Å². The van der Waals surface area contributed by atoms with E-state index in [0.717, 1.165) is 16.7 Å². The molecule has 2 aliphatic rings. The Morgan fingerprint density at radius 2 is 1.24 bits per heavy atom. The van der Waals surface area contributed by atoms with Gasteiger partial charge in [0.2, 0.25) is 0 Å². The van der Waals surface area contributed by atoms with Crippen LogP contribution in [0.3, 0.4) is 0 Å². The van der Waals surface area contributed by atoms with E-state index < -0.39 is 43.1 Å². The maximum absolute atomic E-state index is 10.2. The first-order valence-electron chi connectivity index (χ1n) is 14.7. The van der Waals surface area contributed by atoms with E-state index in [1.165, 1.54) is 0 Å². The Kier molecular flexibility index (Phi) is 11.5. The highest BCUT2D eigenvalue weighted by molar-refractivity contribution is 5.15. The summed E-state index contributed by atoms with van der Waals surface area (Å²) in [7, 11) is 1.61. The van der Waals surface area contributed by atoms with Crippen molar-refractivity contribution in [3.05, 3.63) is 108 Å². The van der Waals surface area contributed by atoms with Crippen LogP contribution in [0.25, 0.3) is 0 Å². The first-order valence-corrected chi connectivity index (χ1v) is 14.7. The second kappa shape index (κ2) is 15.7. The molecule has 0 unspecified atom stereocenters. The van der Waals surface area contributed by atoms with E-state index in [1.807, 2.05) is 97.9 Å². The Morgan fingerprint density at radius 1 is 0.690 bits per heavy atom. The molecular formula is C34H42O8. The van der Waals surface area contributed by atoms with E-state index in [0.29, 0.717) is 32.7 Å². The average molecular weight is 579 g/mol. The van der Waals surface area contributed by atoms with Crippen LogP contribution in [0.1, 0.15) is 36.5 Å². The Morgan fingerprint density at radius 3 is 1.79 bits per heavy atom. The van der Waals surface area contributed by atoms with Crippen molar-refractivity contribution in [2.75, 3.05) is 13.7 Å². The highest BCUT2D eigenvalue weighted by Gasteiger charge is 2.50. The van der Waals surface area contributed by atoms with Gasteiger partial charge in [-0.1, -0.05) is 91.0 Å². The third-order valence-corrected chi connectivity index (χ3v) is 7.70. The molecule has 0 bridgehead atoms. The molecule has 42 heavy (non-hydrogen) atoms. The third kappa shape index (κ3) is 8.46. The van der Waals surface area contributed by atoms with Crippen molar-refractivity contribution in [2.45, 2.75) is 88.8 Å². The van der Waals surface area contributed by atoms with Gasteiger partial charge in [0.1, 0.15) is 24.4 Å². The Bertz CT molecular complexity index is 1160. The van der Waals surface area contributed by atoms with Crippen molar-refractivity contribution >= 4 is 0 Å². The van der Waals surface area contributed by atoms with E-state index in [-0.39, 0.29) is 12.7 Å². The fourth-order valence-corrected chi connectivity index (χ4v) is 5.35. The van der Waals surface area contributed by atoms with Gasteiger partial charge < -0.3 is 38.3 Å². The molecule has 2 saturated heterocycles. The van der Waals surface area contributed by atoms with Crippen molar-refractivity contribution in [1.29, 1.82) is 0 Å². The second-order valence-corrected chi connectivity index (χ2v) is 10.8. The molecule has 1 N–H and O–H groups in total. The maximum atomic E-state index is 10.2. The first-order chi connectivity index (χ1) is 20.6. The van der Waals surface area contributed by atoms with Crippen LogP contribution in [0.2, 0.25) is 0 Å². The quantitative estimate of drug-likeness (QED) is 0.303. The number of aliphatic hydroxyl groups is 1. The maximum Gasteiger partial charge on any atom is 0.186 e. The molecule has 3 aromatic rings. The van der Waals surface area contributed by atoms with Gasteiger partial charge in [-0.05, 0) is 30.0 Å². The molecule has 5 rings (SSSR count). The largest absolute Gasteiger partial charge is 0.390 e. The molecule has 226 valence electrons. The van der Waals surface area contributed by atoms with E-state index in [4.69, 9.17) is 33.2 Å². The summed E-state index contributed by atoms with van der Waals surface area (Å²) in [4.78, 5) is 0. The molecule has 0 aromatic heterocycles. The predicted octanol–water partition coefficient (Wildman–Crippen LogP) is 5.02. The molecule has 0 aliphatic carbocycles. The van der Waals surface area contributed by atoms with Crippen LogP contribution in [0.4, 0.5) is 0 Å². The highest BCUT2D eigenvalue weighted by atomic mass is 16.7. The molecule has 3 aromatic carbocycles. The van der Waals surface area contributed by atoms with Crippen LogP contribution < -0.4 is 0 Å². The predicted molar refractivity (Wildman–Crippen MR) is 156 cm³/mol. The molecule has 8 atom stereocenters. The fourth-order valence-electron chi connectivity index (χ4n) is 5.35. The molecular weight excluding hydrogens is 536 g/mol. The number of ether oxygens (including phenoxy) is 7. The van der Waals surface area contributed by atoms with Crippen LogP contribution in [-0.2, 0) is 53.0 Å². The molecule has 2 aliphatic heterocycles. The van der Waals surface area contributed by atoms with Gasteiger partial charge >= 0.3 is 0 Å². The Hall–Kier alpha value is -2.66. The smallest absolute Gasteiger partial charge is 0.186 e. The summed E-state index contributed by atoms with van der Waals surface area (Å²) in [5.41, 5.74) is 3.12. The molecule has 0 spiro atoms. The van der Waals surface area contributed by atoms with Crippen LogP contribution in [-0.4, -0.2) is 68.0 Å². The van der Waals surface area contributed by atoms with Gasteiger partial charge in [0.25, 0.3) is 0 Å². The molecule has 2 fully saturated rings. The fraction of sp³-hybridized carbons (Fsp3) is 0.471. The lowest BCUT2D eigenvalue weighted by molar-refractivity contribution is -0.346. The normalized spacial score (nSPS) is 29.8. The number of benzene rings is 3. The van der Waals surface area contributed by atoms with Gasteiger partial charge in [-0.25, -0.2) is 0 Å². The van der Waals surface area contributed by atoms with E-state index in [2.05, 4.69) is 0 Å². The zero-order valence-corrected chi connectivity index (χ0v) is 24.3. The first kappa shape index (κ1) is 30.8. The summed E-state index contributed by atoms with van der Waals surface area (Å²) in [6, 6.07) is 30.0. The highest BCUT2D eigenvalue weighted by Crippen LogP contribution is 2.33. The third-order valence-electron chi connectivity index (χ3n) is 7.70. The van der Waals surface area contributed by atoms with Crippen molar-refractivity contribution < 1.29 is 38.3 Å². The van der Waals surface area contributed by atoms with Crippen LogP contribution in [0.5, 0.6) is 0 Å². The summed E-state index contributed by atoms with van der Waals surface area (Å²) >= 11 is 0. The van der Waals surface area contributed by atoms with E-state index in [9.17, 15) is 5.11 Å². The number of methoxy groups -OCH3 is 1. The lowest BCUT2D eigenvalue weighted by Crippen LogP contribution is -2.62. The van der Waals surface area contributed by atoms with E-state index in [1.54, 1.807) is 7.11 Å². The lowest BCUT2D eigenvalue weighted by atomic mass is 9.97. The van der Waals surface area contributed by atoms with Crippen molar-refractivity contribution in [3.63, 3.8) is 0 Å². The van der Waals surface area contributed by atoms with Gasteiger partial charge in [-0.3, -0.25) is 0 Å². The summed E-state index contributed by atoms with van der Waals surface area (Å²) in [6.45, 7) is 3.24. The molecule has 0 saturated carbocycles. The van der Waals surface area contributed by atoms with Gasteiger partial charge in [0.05, 0.1) is 38.6 Å². The van der Waals surface area contributed by atoms with Crippen LogP contribution >= 0.6 is 0 Å². The zero-order valence-electron chi connectivity index (χ0n) is 24.3. The number of hydrogen-bond acceptors (Lipinski definition) is 8. The summed E-state index contributed by atoms with van der Waals surface area (Å²) in [6.07, 6.45) is -3.27. The van der Waals surface area contributed by atoms with Gasteiger partial charge in [-0.15, -0.1) is 0 Å². The molecule has 8 heteroatoms. The SMILES string of the molecule is CO[C@H]1O[C@H](COCc2ccccc2)[C@@H](O[C@H]2CC[C@H](O)[C@H](C)O2)[C@H](OCc2ccccc2)[C@H]1OCc1ccccc1. The van der Waals surface area contributed by atoms with Gasteiger partial charge in [-0.2, -0.15) is 0 Å². The number of aliphatic hydroxyl groups excluding tert-OH is 1. The molecule has 0 amide bonds. The molecule has 2 heterocycles. The summed E-state index contributed by atoms with van der Waals surface area (Å²) < 4.78 is 44.3. The second-order valence-electron chi connectivity index (χ2n) is 10.8. The van der Waals surface area contributed by atoms with Crippen LogP contribution in [0, 0.1) is 0 Å². The van der Waals surface area contributed by atoms with Crippen LogP contribution in [0.15, 0.2) is 91.0 Å². The minimum absolute atomic E-state index is 0.251. The summed E-state index contributed by atoms with van der Waals surface area (Å²) in [5.74, 6) is 0. The molecule has 8 nitrogen and oxygen atoms in total. The Labute approximate surface area is 248 Å². The minimum atomic E-state index is -0.715. The Balaban J connectivity index is 1.39. The lowest BCUT2D eigenvalue weighted by Gasteiger charge is -2.47. The topological polar surface area (TPSA) is 84.8 Å².